The van der Waals surface area contributed by atoms with Crippen LogP contribution in [0.5, 0.6) is 5.75 Å². The first-order valence-corrected chi connectivity index (χ1v) is 12.4. The number of benzene rings is 2. The molecule has 0 atom stereocenters. The van der Waals surface area contributed by atoms with Gasteiger partial charge in [-0.1, -0.05) is 34.7 Å². The number of carboxylic acids is 1. The Labute approximate surface area is 207 Å². The van der Waals surface area contributed by atoms with Crippen molar-refractivity contribution in [2.45, 2.75) is 19.0 Å². The van der Waals surface area contributed by atoms with Gasteiger partial charge in [-0.05, 0) is 74.1 Å². The van der Waals surface area contributed by atoms with Gasteiger partial charge in [-0.3, -0.25) is 18.7 Å². The molecule has 2 aromatic heterocycles. The minimum absolute atomic E-state index is 0.250. The van der Waals surface area contributed by atoms with Crippen molar-refractivity contribution >= 4 is 63.2 Å². The zero-order chi connectivity index (χ0) is 23.7. The van der Waals surface area contributed by atoms with Crippen LogP contribution in [0.3, 0.4) is 0 Å². The van der Waals surface area contributed by atoms with E-state index < -0.39 is 5.97 Å². The molecule has 0 radical (unpaired) electrons. The SMILES string of the molecule is CCOc1ccc(-n2c(SCC(=O)O)nc3c(sc(=S)n3-c3ccc(Cl)c(C)c3)c2=O)cc1. The molecule has 7 nitrogen and oxygen atoms in total. The molecule has 0 saturated carbocycles. The topological polar surface area (TPSA) is 86.3 Å². The number of thioether (sulfide) groups is 1. The molecule has 4 aromatic rings. The van der Waals surface area contributed by atoms with Gasteiger partial charge in [0.05, 0.1) is 18.0 Å². The van der Waals surface area contributed by atoms with Gasteiger partial charge in [0, 0.05) is 10.7 Å². The largest absolute Gasteiger partial charge is 0.494 e. The molecular formula is C22H18ClN3O4S3. The highest BCUT2D eigenvalue weighted by Gasteiger charge is 2.20. The van der Waals surface area contributed by atoms with Crippen LogP contribution in [0, 0.1) is 10.9 Å². The first kappa shape index (κ1) is 23.5. The molecule has 0 amide bonds. The monoisotopic (exact) mass is 519 g/mol. The van der Waals surface area contributed by atoms with Gasteiger partial charge in [-0.25, -0.2) is 4.98 Å². The quantitative estimate of drug-likeness (QED) is 0.196. The number of fused-ring (bicyclic) bond motifs is 1. The van der Waals surface area contributed by atoms with E-state index in [0.29, 0.717) is 37.4 Å². The second kappa shape index (κ2) is 9.68. The maximum atomic E-state index is 13.6. The summed E-state index contributed by atoms with van der Waals surface area (Å²) in [4.78, 5) is 29.5. The number of halogens is 1. The Morgan fingerprint density at radius 2 is 1.91 bits per heavy atom. The third-order valence-corrected chi connectivity index (χ3v) is 7.41. The molecule has 0 aliphatic rings. The first-order valence-electron chi connectivity index (χ1n) is 9.83. The fraction of sp³-hybridized carbons (Fsp3) is 0.182. The van der Waals surface area contributed by atoms with Gasteiger partial charge in [0.15, 0.2) is 14.8 Å². The normalized spacial score (nSPS) is 11.1. The predicted octanol–water partition coefficient (Wildman–Crippen LogP) is 5.50. The number of nitrogens with zero attached hydrogens (tertiary/aromatic N) is 3. The minimum atomic E-state index is -1.01. The van der Waals surface area contributed by atoms with Crippen molar-refractivity contribution in [2.24, 2.45) is 0 Å². The van der Waals surface area contributed by atoms with E-state index in [1.807, 2.05) is 19.9 Å². The Hall–Kier alpha value is -2.66. The Bertz CT molecular complexity index is 1480. The Morgan fingerprint density at radius 1 is 1.21 bits per heavy atom. The number of aryl methyl sites for hydroxylation is 1. The fourth-order valence-corrected chi connectivity index (χ4v) is 5.39. The van der Waals surface area contributed by atoms with Gasteiger partial charge >= 0.3 is 5.97 Å². The van der Waals surface area contributed by atoms with E-state index in [-0.39, 0.29) is 16.5 Å². The number of hydrogen-bond donors (Lipinski definition) is 1. The zero-order valence-corrected chi connectivity index (χ0v) is 20.8. The average Bonchev–Trinajstić information content (AvgIpc) is 3.11. The van der Waals surface area contributed by atoms with E-state index in [4.69, 9.17) is 33.5 Å². The number of rotatable bonds is 7. The molecule has 0 aliphatic heterocycles. The predicted molar refractivity (Wildman–Crippen MR) is 135 cm³/mol. The molecule has 1 N–H and O–H groups in total. The van der Waals surface area contributed by atoms with Gasteiger partial charge in [0.2, 0.25) is 0 Å². The number of ether oxygens (including phenoxy) is 1. The number of aliphatic carboxylic acids is 1. The zero-order valence-electron chi connectivity index (χ0n) is 17.6. The molecule has 170 valence electrons. The van der Waals surface area contributed by atoms with Crippen molar-refractivity contribution in [3.05, 3.63) is 67.4 Å². The highest BCUT2D eigenvalue weighted by Crippen LogP contribution is 2.29. The summed E-state index contributed by atoms with van der Waals surface area (Å²) in [6, 6.07) is 12.4. The van der Waals surface area contributed by atoms with E-state index in [1.165, 1.54) is 4.57 Å². The maximum absolute atomic E-state index is 13.6. The Morgan fingerprint density at radius 3 is 2.55 bits per heavy atom. The molecule has 33 heavy (non-hydrogen) atoms. The lowest BCUT2D eigenvalue weighted by Crippen LogP contribution is -2.22. The summed E-state index contributed by atoms with van der Waals surface area (Å²) in [5.41, 5.74) is 2.20. The third-order valence-electron chi connectivity index (χ3n) is 4.71. The smallest absolute Gasteiger partial charge is 0.313 e. The standard InChI is InChI=1S/C22H18ClN3O4S3/c1-3-30-15-7-4-13(5-8-15)26-20(29)18-19(24-21(26)32-11-17(27)28)25(22(31)33-18)14-6-9-16(23)12(2)10-14/h4-10H,3,11H2,1-2H3,(H,27,28). The molecule has 4 rings (SSSR count). The number of carboxylic acid groups (broad SMARTS) is 1. The molecule has 0 aliphatic carbocycles. The van der Waals surface area contributed by atoms with Crippen LogP contribution in [0.1, 0.15) is 12.5 Å². The highest BCUT2D eigenvalue weighted by atomic mass is 35.5. The van der Waals surface area contributed by atoms with Crippen LogP contribution in [-0.4, -0.2) is 37.6 Å². The summed E-state index contributed by atoms with van der Waals surface area (Å²) >= 11 is 13.9. The molecule has 0 unspecified atom stereocenters. The van der Waals surface area contributed by atoms with E-state index in [1.54, 1.807) is 41.0 Å². The van der Waals surface area contributed by atoms with E-state index in [2.05, 4.69) is 0 Å². The molecule has 0 bridgehead atoms. The van der Waals surface area contributed by atoms with Crippen LogP contribution >= 0.6 is 46.9 Å². The lowest BCUT2D eigenvalue weighted by atomic mass is 10.2. The second-order valence-corrected chi connectivity index (χ2v) is 9.93. The summed E-state index contributed by atoms with van der Waals surface area (Å²) < 4.78 is 9.44. The van der Waals surface area contributed by atoms with Gasteiger partial charge in [-0.2, -0.15) is 0 Å². The van der Waals surface area contributed by atoms with Gasteiger partial charge in [0.1, 0.15) is 10.4 Å². The van der Waals surface area contributed by atoms with Gasteiger partial charge in [-0.15, -0.1) is 0 Å². The van der Waals surface area contributed by atoms with Crippen LogP contribution < -0.4 is 10.3 Å². The van der Waals surface area contributed by atoms with Crippen LogP contribution in [0.4, 0.5) is 0 Å². The minimum Gasteiger partial charge on any atom is -0.494 e. The number of hydrogen-bond acceptors (Lipinski definition) is 7. The summed E-state index contributed by atoms with van der Waals surface area (Å²) in [6.07, 6.45) is 0. The Kier molecular flexibility index (Phi) is 6.89. The molecule has 0 spiro atoms. The summed E-state index contributed by atoms with van der Waals surface area (Å²) in [7, 11) is 0. The lowest BCUT2D eigenvalue weighted by Gasteiger charge is -2.13. The number of aromatic nitrogens is 3. The van der Waals surface area contributed by atoms with Crippen LogP contribution in [0.15, 0.2) is 52.4 Å². The van der Waals surface area contributed by atoms with Crippen LogP contribution in [0.25, 0.3) is 21.7 Å². The van der Waals surface area contributed by atoms with E-state index in [0.717, 1.165) is 34.3 Å². The number of thiazole rings is 1. The van der Waals surface area contributed by atoms with E-state index in [9.17, 15) is 14.7 Å². The summed E-state index contributed by atoms with van der Waals surface area (Å²) in [6.45, 7) is 4.29. The molecule has 2 heterocycles. The van der Waals surface area contributed by atoms with Crippen LogP contribution in [-0.2, 0) is 4.79 Å². The van der Waals surface area contributed by atoms with Crippen LogP contribution in [0.2, 0.25) is 5.02 Å². The Balaban J connectivity index is 1.96. The van der Waals surface area contributed by atoms with Crippen molar-refractivity contribution in [1.82, 2.24) is 14.1 Å². The first-order chi connectivity index (χ1) is 15.8. The highest BCUT2D eigenvalue weighted by molar-refractivity contribution is 7.99. The number of carbonyl (C=O) groups is 1. The summed E-state index contributed by atoms with van der Waals surface area (Å²) in [5, 5.41) is 10.1. The molecule has 0 saturated heterocycles. The van der Waals surface area contributed by atoms with Crippen molar-refractivity contribution in [1.29, 1.82) is 0 Å². The lowest BCUT2D eigenvalue weighted by molar-refractivity contribution is -0.133. The summed E-state index contributed by atoms with van der Waals surface area (Å²) in [5.74, 6) is -0.592. The second-order valence-electron chi connectivity index (χ2n) is 6.93. The fourth-order valence-electron chi connectivity index (χ4n) is 3.24. The maximum Gasteiger partial charge on any atom is 0.313 e. The van der Waals surface area contributed by atoms with E-state index >= 15 is 0 Å². The van der Waals surface area contributed by atoms with Crippen molar-refractivity contribution in [2.75, 3.05) is 12.4 Å². The molecule has 11 heteroatoms. The van der Waals surface area contributed by atoms with Crippen molar-refractivity contribution in [3.63, 3.8) is 0 Å². The molecular weight excluding hydrogens is 502 g/mol. The molecule has 0 fully saturated rings. The molecule has 2 aromatic carbocycles. The van der Waals surface area contributed by atoms with Crippen molar-refractivity contribution < 1.29 is 14.6 Å². The third kappa shape index (κ3) is 4.70. The van der Waals surface area contributed by atoms with Gasteiger partial charge < -0.3 is 9.84 Å². The average molecular weight is 520 g/mol. The van der Waals surface area contributed by atoms with Crippen molar-refractivity contribution in [3.8, 4) is 17.1 Å². The van der Waals surface area contributed by atoms with Gasteiger partial charge in [0.25, 0.3) is 5.56 Å².